The van der Waals surface area contributed by atoms with Crippen LogP contribution in [0.4, 0.5) is 4.39 Å². The summed E-state index contributed by atoms with van der Waals surface area (Å²) in [6.07, 6.45) is 11.4. The van der Waals surface area contributed by atoms with Crippen molar-refractivity contribution in [2.24, 2.45) is 11.8 Å². The molecule has 148 valence electrons. The molecule has 1 saturated carbocycles. The standard InChI is InChI=1S/C27H33F/c1-3-5-22-10-12-23(13-11-22)14-15-25-17-19-26(27(28)20-25)18-16-24-8-6-21(4-2)7-9-24/h6-9,17,19-20,22-23H,3-5,10-15H2,1-2H3. The van der Waals surface area contributed by atoms with Gasteiger partial charge in [-0.2, -0.15) is 0 Å². The van der Waals surface area contributed by atoms with Crippen LogP contribution in [0.15, 0.2) is 42.5 Å². The van der Waals surface area contributed by atoms with Crippen molar-refractivity contribution in [1.82, 2.24) is 0 Å². The lowest BCUT2D eigenvalue weighted by atomic mass is 9.78. The molecule has 0 nitrogen and oxygen atoms in total. The summed E-state index contributed by atoms with van der Waals surface area (Å²) in [6, 6.07) is 13.8. The van der Waals surface area contributed by atoms with E-state index in [0.29, 0.717) is 5.56 Å². The minimum atomic E-state index is -0.193. The molecule has 0 spiro atoms. The number of benzene rings is 2. The van der Waals surface area contributed by atoms with E-state index in [-0.39, 0.29) is 5.82 Å². The van der Waals surface area contributed by atoms with Gasteiger partial charge in [0.1, 0.15) is 5.82 Å². The molecule has 0 heterocycles. The van der Waals surface area contributed by atoms with Crippen molar-refractivity contribution in [2.75, 3.05) is 0 Å². The van der Waals surface area contributed by atoms with Crippen LogP contribution in [0.2, 0.25) is 0 Å². The zero-order chi connectivity index (χ0) is 19.8. The maximum atomic E-state index is 14.5. The summed E-state index contributed by atoms with van der Waals surface area (Å²) in [7, 11) is 0. The van der Waals surface area contributed by atoms with Crippen molar-refractivity contribution < 1.29 is 4.39 Å². The highest BCUT2D eigenvalue weighted by atomic mass is 19.1. The molecule has 0 aliphatic heterocycles. The van der Waals surface area contributed by atoms with Gasteiger partial charge in [-0.1, -0.05) is 82.4 Å². The molecule has 0 aromatic heterocycles. The Kier molecular flexibility index (Phi) is 7.72. The predicted octanol–water partition coefficient (Wildman–Crippen LogP) is 7.33. The summed E-state index contributed by atoms with van der Waals surface area (Å²) < 4.78 is 14.5. The molecule has 1 aliphatic carbocycles. The van der Waals surface area contributed by atoms with Crippen molar-refractivity contribution in [3.8, 4) is 11.8 Å². The van der Waals surface area contributed by atoms with E-state index in [1.54, 1.807) is 6.07 Å². The minimum absolute atomic E-state index is 0.193. The second kappa shape index (κ2) is 10.5. The zero-order valence-electron chi connectivity index (χ0n) is 17.4. The Morgan fingerprint density at radius 2 is 1.46 bits per heavy atom. The smallest absolute Gasteiger partial charge is 0.139 e. The lowest BCUT2D eigenvalue weighted by Crippen LogP contribution is -2.15. The van der Waals surface area contributed by atoms with E-state index < -0.39 is 0 Å². The van der Waals surface area contributed by atoms with Crippen molar-refractivity contribution in [2.45, 2.75) is 71.6 Å². The largest absolute Gasteiger partial charge is 0.206 e. The molecule has 0 saturated heterocycles. The lowest BCUT2D eigenvalue weighted by molar-refractivity contribution is 0.252. The van der Waals surface area contributed by atoms with Gasteiger partial charge in [-0.25, -0.2) is 4.39 Å². The van der Waals surface area contributed by atoms with Crippen LogP contribution in [-0.4, -0.2) is 0 Å². The average molecular weight is 377 g/mol. The molecule has 0 unspecified atom stereocenters. The van der Waals surface area contributed by atoms with Gasteiger partial charge < -0.3 is 0 Å². The van der Waals surface area contributed by atoms with E-state index in [9.17, 15) is 4.39 Å². The van der Waals surface area contributed by atoms with Crippen LogP contribution in [0.3, 0.4) is 0 Å². The summed E-state index contributed by atoms with van der Waals surface area (Å²) in [5.74, 6) is 7.65. The number of rotatable bonds is 6. The van der Waals surface area contributed by atoms with Gasteiger partial charge in [0.2, 0.25) is 0 Å². The first-order valence-corrected chi connectivity index (χ1v) is 11.1. The first-order chi connectivity index (χ1) is 13.7. The molecule has 0 radical (unpaired) electrons. The molecular weight excluding hydrogens is 343 g/mol. The normalized spacial score (nSPS) is 19.1. The Labute approximate surface area is 170 Å². The molecule has 0 bridgehead atoms. The second-order valence-electron chi connectivity index (χ2n) is 8.33. The number of halogens is 1. The molecule has 1 aliphatic rings. The van der Waals surface area contributed by atoms with Gasteiger partial charge in [-0.05, 0) is 66.5 Å². The molecule has 0 amide bonds. The molecule has 1 heteroatoms. The van der Waals surface area contributed by atoms with Gasteiger partial charge >= 0.3 is 0 Å². The minimum Gasteiger partial charge on any atom is -0.206 e. The fourth-order valence-electron chi connectivity index (χ4n) is 4.37. The fourth-order valence-corrected chi connectivity index (χ4v) is 4.37. The Morgan fingerprint density at radius 1 is 0.821 bits per heavy atom. The molecular formula is C27H33F. The highest BCUT2D eigenvalue weighted by Gasteiger charge is 2.20. The Morgan fingerprint density at radius 3 is 2.07 bits per heavy atom. The van der Waals surface area contributed by atoms with Crippen LogP contribution < -0.4 is 0 Å². The quantitative estimate of drug-likeness (QED) is 0.463. The fraction of sp³-hybridized carbons (Fsp3) is 0.481. The predicted molar refractivity (Wildman–Crippen MR) is 117 cm³/mol. The van der Waals surface area contributed by atoms with E-state index in [1.165, 1.54) is 50.5 Å². The van der Waals surface area contributed by atoms with E-state index in [2.05, 4.69) is 43.9 Å². The van der Waals surface area contributed by atoms with Crippen LogP contribution in [0.25, 0.3) is 0 Å². The van der Waals surface area contributed by atoms with Crippen LogP contribution in [0, 0.1) is 29.5 Å². The Balaban J connectivity index is 1.53. The molecule has 28 heavy (non-hydrogen) atoms. The van der Waals surface area contributed by atoms with Crippen LogP contribution in [0.5, 0.6) is 0 Å². The maximum Gasteiger partial charge on any atom is 0.139 e. The third kappa shape index (κ3) is 5.96. The number of hydrogen-bond donors (Lipinski definition) is 0. The number of aryl methyl sites for hydroxylation is 2. The van der Waals surface area contributed by atoms with Gasteiger partial charge in [0.25, 0.3) is 0 Å². The Hall–Kier alpha value is -2.07. The molecule has 1 fully saturated rings. The van der Waals surface area contributed by atoms with E-state index in [0.717, 1.165) is 35.8 Å². The van der Waals surface area contributed by atoms with Gasteiger partial charge in [0.05, 0.1) is 5.56 Å². The average Bonchev–Trinajstić information content (AvgIpc) is 2.73. The summed E-state index contributed by atoms with van der Waals surface area (Å²) in [4.78, 5) is 0. The zero-order valence-corrected chi connectivity index (χ0v) is 17.4. The van der Waals surface area contributed by atoms with Crippen molar-refractivity contribution >= 4 is 0 Å². The molecule has 0 atom stereocenters. The van der Waals surface area contributed by atoms with Crippen LogP contribution in [-0.2, 0) is 12.8 Å². The summed E-state index contributed by atoms with van der Waals surface area (Å²) in [5.41, 5.74) is 3.81. The highest BCUT2D eigenvalue weighted by Crippen LogP contribution is 2.33. The van der Waals surface area contributed by atoms with Crippen molar-refractivity contribution in [3.63, 3.8) is 0 Å². The maximum absolute atomic E-state index is 14.5. The topological polar surface area (TPSA) is 0 Å². The van der Waals surface area contributed by atoms with Gasteiger partial charge in [-0.15, -0.1) is 0 Å². The summed E-state index contributed by atoms with van der Waals surface area (Å²) in [5, 5.41) is 0. The first kappa shape index (κ1) is 20.7. The third-order valence-corrected chi connectivity index (χ3v) is 6.24. The monoisotopic (exact) mass is 376 g/mol. The van der Waals surface area contributed by atoms with E-state index in [1.807, 2.05) is 18.2 Å². The van der Waals surface area contributed by atoms with Crippen LogP contribution >= 0.6 is 0 Å². The van der Waals surface area contributed by atoms with Crippen LogP contribution in [0.1, 0.15) is 81.0 Å². The van der Waals surface area contributed by atoms with Crippen molar-refractivity contribution in [1.29, 1.82) is 0 Å². The van der Waals surface area contributed by atoms with Crippen molar-refractivity contribution in [3.05, 3.63) is 70.5 Å². The third-order valence-electron chi connectivity index (χ3n) is 6.24. The van der Waals surface area contributed by atoms with E-state index >= 15 is 0 Å². The highest BCUT2D eigenvalue weighted by molar-refractivity contribution is 5.44. The Bertz CT molecular complexity index is 798. The lowest BCUT2D eigenvalue weighted by Gasteiger charge is -2.28. The molecule has 0 N–H and O–H groups in total. The molecule has 2 aromatic rings. The summed E-state index contributed by atoms with van der Waals surface area (Å²) >= 11 is 0. The number of hydrogen-bond acceptors (Lipinski definition) is 0. The molecule has 3 rings (SSSR count). The van der Waals surface area contributed by atoms with Gasteiger partial charge in [0, 0.05) is 5.56 Å². The molecule has 2 aromatic carbocycles. The van der Waals surface area contributed by atoms with Gasteiger partial charge in [0.15, 0.2) is 0 Å². The SMILES string of the molecule is CCCC1CCC(CCc2ccc(C#Cc3ccc(CC)cc3)c(F)c2)CC1. The van der Waals surface area contributed by atoms with Gasteiger partial charge in [-0.3, -0.25) is 0 Å². The summed E-state index contributed by atoms with van der Waals surface area (Å²) in [6.45, 7) is 4.42. The first-order valence-electron chi connectivity index (χ1n) is 11.1. The second-order valence-corrected chi connectivity index (χ2v) is 8.33. The van der Waals surface area contributed by atoms with E-state index in [4.69, 9.17) is 0 Å².